The van der Waals surface area contributed by atoms with Gasteiger partial charge in [-0.2, -0.15) is 13.2 Å². The molecule has 1 aromatic heterocycles. The van der Waals surface area contributed by atoms with Crippen molar-refractivity contribution in [3.63, 3.8) is 0 Å². The van der Waals surface area contributed by atoms with Crippen molar-refractivity contribution in [1.82, 2.24) is 14.8 Å². The van der Waals surface area contributed by atoms with Crippen molar-refractivity contribution in [3.05, 3.63) is 30.5 Å². The fraction of sp³-hybridized carbons (Fsp3) is 0.522. The lowest BCUT2D eigenvalue weighted by Gasteiger charge is -2.32. The number of primary amides is 1. The van der Waals surface area contributed by atoms with Crippen LogP contribution in [0.5, 0.6) is 0 Å². The van der Waals surface area contributed by atoms with Crippen LogP contribution < -0.4 is 16.4 Å². The number of fused-ring (bicyclic) bond motifs is 1. The van der Waals surface area contributed by atoms with Crippen molar-refractivity contribution in [2.24, 2.45) is 5.73 Å². The van der Waals surface area contributed by atoms with Gasteiger partial charge in [0.15, 0.2) is 0 Å². The van der Waals surface area contributed by atoms with E-state index in [4.69, 9.17) is 10.5 Å². The lowest BCUT2D eigenvalue weighted by molar-refractivity contribution is -0.188. The molecule has 2 aromatic rings. The summed E-state index contributed by atoms with van der Waals surface area (Å²) in [5, 5.41) is 6.31. The van der Waals surface area contributed by atoms with Crippen LogP contribution in [0.3, 0.4) is 0 Å². The Hall–Kier alpha value is -3.28. The van der Waals surface area contributed by atoms with Gasteiger partial charge in [0.1, 0.15) is 12.6 Å². The summed E-state index contributed by atoms with van der Waals surface area (Å²) in [6.45, 7) is -0.929. The molecule has 3 atom stereocenters. The average Bonchev–Trinajstić information content (AvgIpc) is 3.43. The Balaban J connectivity index is 1.38. The molecule has 4 N–H and O–H groups in total. The number of carbonyl (C=O) groups excluding carboxylic acids is 3. The van der Waals surface area contributed by atoms with Crippen LogP contribution in [0.4, 0.5) is 28.4 Å². The number of alkyl halides is 3. The van der Waals surface area contributed by atoms with Crippen LogP contribution in [-0.4, -0.2) is 65.0 Å². The number of hydrogen-bond acceptors (Lipinski definition) is 4. The van der Waals surface area contributed by atoms with Crippen molar-refractivity contribution in [2.45, 2.75) is 62.9 Å². The van der Waals surface area contributed by atoms with Crippen LogP contribution >= 0.6 is 0 Å². The lowest BCUT2D eigenvalue weighted by Crippen LogP contribution is -2.51. The minimum Gasteiger partial charge on any atom is -0.369 e. The number of hydrogen-bond donors (Lipinski definition) is 3. The van der Waals surface area contributed by atoms with E-state index in [0.29, 0.717) is 61.7 Å². The number of carbonyl (C=O) groups is 3. The summed E-state index contributed by atoms with van der Waals surface area (Å²) in [5.74, 6) is -0.335. The van der Waals surface area contributed by atoms with E-state index in [1.807, 2.05) is 0 Å². The normalized spacial score (nSPS) is 22.8. The smallest absolute Gasteiger partial charge is 0.369 e. The van der Waals surface area contributed by atoms with Gasteiger partial charge in [-0.3, -0.25) is 9.36 Å². The Kier molecular flexibility index (Phi) is 7.20. The van der Waals surface area contributed by atoms with Crippen molar-refractivity contribution < 1.29 is 32.3 Å². The van der Waals surface area contributed by atoms with Gasteiger partial charge in [0.25, 0.3) is 0 Å². The van der Waals surface area contributed by atoms with E-state index in [-0.39, 0.29) is 11.9 Å². The van der Waals surface area contributed by atoms with Crippen LogP contribution in [0.2, 0.25) is 0 Å². The number of halogens is 3. The molecule has 0 radical (unpaired) electrons. The highest BCUT2D eigenvalue weighted by molar-refractivity contribution is 6.05. The first-order chi connectivity index (χ1) is 16.6. The number of ether oxygens (including phenoxy) is 1. The van der Waals surface area contributed by atoms with Crippen molar-refractivity contribution in [1.29, 1.82) is 0 Å². The Morgan fingerprint density at radius 3 is 2.63 bits per heavy atom. The minimum absolute atomic E-state index is 0.299. The Morgan fingerprint density at radius 1 is 1.11 bits per heavy atom. The third-order valence-electron chi connectivity index (χ3n) is 6.46. The van der Waals surface area contributed by atoms with E-state index in [1.165, 1.54) is 15.7 Å². The van der Waals surface area contributed by atoms with Crippen LogP contribution in [-0.2, 0) is 9.53 Å². The van der Waals surface area contributed by atoms with Gasteiger partial charge < -0.3 is 26.0 Å². The summed E-state index contributed by atoms with van der Waals surface area (Å²) in [5.41, 5.74) is 6.37. The van der Waals surface area contributed by atoms with Gasteiger partial charge in [0, 0.05) is 24.2 Å². The summed E-state index contributed by atoms with van der Waals surface area (Å²) >= 11 is 0. The number of anilines is 1. The van der Waals surface area contributed by atoms with Gasteiger partial charge in [-0.05, 0) is 44.6 Å². The molecule has 12 heteroatoms. The molecule has 4 amide bonds. The maximum atomic E-state index is 13.1. The van der Waals surface area contributed by atoms with Crippen LogP contribution in [0.25, 0.3) is 10.9 Å². The molecular weight excluding hydrogens is 467 g/mol. The van der Waals surface area contributed by atoms with Gasteiger partial charge in [0.2, 0.25) is 5.91 Å². The molecule has 2 aliphatic rings. The largest absolute Gasteiger partial charge is 0.411 e. The van der Waals surface area contributed by atoms with E-state index in [9.17, 15) is 27.6 Å². The fourth-order valence-electron chi connectivity index (χ4n) is 4.87. The first kappa shape index (κ1) is 24.8. The number of nitrogens with two attached hydrogens (primary N) is 1. The van der Waals surface area contributed by atoms with Gasteiger partial charge in [-0.15, -0.1) is 0 Å². The molecule has 2 fully saturated rings. The molecule has 9 nitrogen and oxygen atoms in total. The molecule has 4 rings (SSSR count). The molecule has 1 saturated carbocycles. The standard InChI is InChI=1S/C23H28F3N5O4/c24-23(25,26)13-35-15-6-3-5-14(11-15)28-20(32)19-9-4-10-30(19)22(34)29-17-12-31(21(27)33)18-8-2-1-7-16(17)18/h1-2,7-8,12,14-15,19H,3-6,9-11,13H2,(H2,27,33)(H,28,32)(H,29,34)/t14?,15?,19-/m0/s1. The molecule has 1 aromatic carbocycles. The predicted molar refractivity (Wildman–Crippen MR) is 122 cm³/mol. The fourth-order valence-corrected chi connectivity index (χ4v) is 4.87. The molecule has 35 heavy (non-hydrogen) atoms. The molecule has 2 heterocycles. The second kappa shape index (κ2) is 10.1. The number of amides is 4. The van der Waals surface area contributed by atoms with E-state index in [2.05, 4.69) is 10.6 Å². The number of urea groups is 1. The highest BCUT2D eigenvalue weighted by atomic mass is 19.4. The van der Waals surface area contributed by atoms with Crippen LogP contribution in [0, 0.1) is 0 Å². The molecule has 0 spiro atoms. The number of aromatic nitrogens is 1. The number of nitrogens with one attached hydrogen (secondary N) is 2. The summed E-state index contributed by atoms with van der Waals surface area (Å²) in [7, 11) is 0. The Bertz CT molecular complexity index is 1100. The van der Waals surface area contributed by atoms with Gasteiger partial charge >= 0.3 is 18.2 Å². The van der Waals surface area contributed by atoms with Crippen molar-refractivity contribution in [2.75, 3.05) is 18.5 Å². The molecule has 1 aliphatic heterocycles. The summed E-state index contributed by atoms with van der Waals surface area (Å²) in [6, 6.07) is 4.79. The zero-order valence-electron chi connectivity index (χ0n) is 19.0. The molecule has 190 valence electrons. The van der Waals surface area contributed by atoms with Crippen LogP contribution in [0.1, 0.15) is 38.5 Å². The maximum absolute atomic E-state index is 13.1. The van der Waals surface area contributed by atoms with Gasteiger partial charge in [-0.1, -0.05) is 18.2 Å². The highest BCUT2D eigenvalue weighted by Gasteiger charge is 2.37. The first-order valence-electron chi connectivity index (χ1n) is 11.6. The zero-order valence-corrected chi connectivity index (χ0v) is 19.0. The van der Waals surface area contributed by atoms with Gasteiger partial charge in [-0.25, -0.2) is 9.59 Å². The molecule has 2 unspecified atom stereocenters. The number of para-hydroxylation sites is 1. The second-order valence-electron chi connectivity index (χ2n) is 8.97. The number of benzene rings is 1. The Morgan fingerprint density at radius 2 is 1.89 bits per heavy atom. The predicted octanol–water partition coefficient (Wildman–Crippen LogP) is 3.57. The third kappa shape index (κ3) is 5.87. The zero-order chi connectivity index (χ0) is 25.2. The summed E-state index contributed by atoms with van der Waals surface area (Å²) in [6.07, 6.45) is -0.306. The van der Waals surface area contributed by atoms with Gasteiger partial charge in [0.05, 0.1) is 17.3 Å². The van der Waals surface area contributed by atoms with E-state index in [1.54, 1.807) is 24.3 Å². The second-order valence-corrected chi connectivity index (χ2v) is 8.97. The molecular formula is C23H28F3N5O4. The number of likely N-dealkylation sites (tertiary alicyclic amines) is 1. The summed E-state index contributed by atoms with van der Waals surface area (Å²) in [4.78, 5) is 39.2. The molecule has 1 aliphatic carbocycles. The monoisotopic (exact) mass is 495 g/mol. The minimum atomic E-state index is -4.39. The topological polar surface area (TPSA) is 119 Å². The third-order valence-corrected chi connectivity index (χ3v) is 6.46. The molecule has 0 bridgehead atoms. The van der Waals surface area contributed by atoms with E-state index >= 15 is 0 Å². The van der Waals surface area contributed by atoms with E-state index < -0.39 is 37.0 Å². The van der Waals surface area contributed by atoms with E-state index in [0.717, 1.165) is 0 Å². The summed E-state index contributed by atoms with van der Waals surface area (Å²) < 4.78 is 43.6. The Labute approximate surface area is 199 Å². The lowest BCUT2D eigenvalue weighted by atomic mass is 9.92. The van der Waals surface area contributed by atoms with Crippen molar-refractivity contribution >= 4 is 34.6 Å². The van der Waals surface area contributed by atoms with Crippen LogP contribution in [0.15, 0.2) is 30.5 Å². The number of nitrogens with zero attached hydrogens (tertiary/aromatic N) is 2. The SMILES string of the molecule is NC(=O)n1cc(NC(=O)N2CCC[C@H]2C(=O)NC2CCCC(OCC(F)(F)F)C2)c2ccccc21. The first-order valence-corrected chi connectivity index (χ1v) is 11.6. The highest BCUT2D eigenvalue weighted by Crippen LogP contribution is 2.28. The average molecular weight is 496 g/mol. The quantitative estimate of drug-likeness (QED) is 0.588. The number of rotatable bonds is 5. The van der Waals surface area contributed by atoms with Crippen molar-refractivity contribution in [3.8, 4) is 0 Å². The molecule has 1 saturated heterocycles. The maximum Gasteiger partial charge on any atom is 0.411 e.